The van der Waals surface area contributed by atoms with E-state index in [1.54, 1.807) is 12.1 Å². The Kier molecular flexibility index (Phi) is 6.31. The van der Waals surface area contributed by atoms with Crippen LogP contribution in [0, 0.1) is 5.82 Å². The molecule has 31 heavy (non-hydrogen) atoms. The third-order valence-corrected chi connectivity index (χ3v) is 6.37. The van der Waals surface area contributed by atoms with Gasteiger partial charge in [-0.05, 0) is 61.4 Å². The Balaban J connectivity index is 1.75. The number of nitrogens with one attached hydrogen (secondary N) is 1. The minimum absolute atomic E-state index is 0.0864. The van der Waals surface area contributed by atoms with E-state index in [0.717, 1.165) is 36.3 Å². The van der Waals surface area contributed by atoms with Crippen LogP contribution in [-0.4, -0.2) is 39.9 Å². The van der Waals surface area contributed by atoms with Crippen molar-refractivity contribution in [1.82, 2.24) is 15.0 Å². The molecule has 2 aromatic heterocycles. The number of hydrogen-bond donors (Lipinski definition) is 2. The van der Waals surface area contributed by atoms with Crippen molar-refractivity contribution < 1.29 is 9.18 Å². The molecule has 0 bridgehead atoms. The number of rotatable bonds is 6. The molecule has 3 N–H and O–H groups in total. The molecular formula is C22H23ClFN5OS. The SMILES string of the molecule is CCc1[nH]c2nc(Sc3cc(F)cc(/C=C/C(C)=O)c3)nc(N3CC[C@H](N)C3)c2c1Cl. The normalized spacial score (nSPS) is 16.7. The number of H-pyrrole nitrogens is 1. The van der Waals surface area contributed by atoms with Gasteiger partial charge in [-0.2, -0.15) is 0 Å². The molecule has 0 saturated carbocycles. The lowest BCUT2D eigenvalue weighted by Crippen LogP contribution is -2.27. The fraction of sp³-hybridized carbons (Fsp3) is 0.318. The quantitative estimate of drug-likeness (QED) is 0.413. The van der Waals surface area contributed by atoms with E-state index in [2.05, 4.69) is 14.9 Å². The Bertz CT molecular complexity index is 1180. The molecule has 3 aromatic rings. The molecule has 0 radical (unpaired) electrons. The first-order valence-corrected chi connectivity index (χ1v) is 11.3. The summed E-state index contributed by atoms with van der Waals surface area (Å²) in [5.41, 5.74) is 8.27. The van der Waals surface area contributed by atoms with Gasteiger partial charge in [-0.25, -0.2) is 14.4 Å². The van der Waals surface area contributed by atoms with E-state index in [1.165, 1.54) is 36.9 Å². The molecule has 1 aliphatic heterocycles. The first kappa shape index (κ1) is 21.8. The van der Waals surface area contributed by atoms with Crippen LogP contribution in [0.4, 0.5) is 10.2 Å². The van der Waals surface area contributed by atoms with Gasteiger partial charge in [-0.3, -0.25) is 4.79 Å². The summed E-state index contributed by atoms with van der Waals surface area (Å²) in [4.78, 5) is 26.7. The third-order valence-electron chi connectivity index (χ3n) is 5.11. The second-order valence-electron chi connectivity index (χ2n) is 7.59. The van der Waals surface area contributed by atoms with Crippen LogP contribution in [0.15, 0.2) is 34.3 Å². The Morgan fingerprint density at radius 1 is 1.42 bits per heavy atom. The minimum Gasteiger partial charge on any atom is -0.354 e. The number of nitrogens with two attached hydrogens (primary N) is 1. The molecule has 162 valence electrons. The Morgan fingerprint density at radius 2 is 2.23 bits per heavy atom. The molecule has 9 heteroatoms. The van der Waals surface area contributed by atoms with Crippen LogP contribution in [0.2, 0.25) is 5.02 Å². The molecule has 1 aromatic carbocycles. The molecule has 4 rings (SSSR count). The number of benzene rings is 1. The first-order chi connectivity index (χ1) is 14.8. The summed E-state index contributed by atoms with van der Waals surface area (Å²) < 4.78 is 14.2. The number of fused-ring (bicyclic) bond motifs is 1. The summed E-state index contributed by atoms with van der Waals surface area (Å²) in [5.74, 6) is 0.252. The van der Waals surface area contributed by atoms with Crippen molar-refractivity contribution in [2.45, 2.75) is 42.8 Å². The number of aryl methyl sites for hydroxylation is 1. The number of aromatic amines is 1. The number of carbonyl (C=O) groups excluding carboxylic acids is 1. The van der Waals surface area contributed by atoms with Gasteiger partial charge in [0.15, 0.2) is 10.9 Å². The van der Waals surface area contributed by atoms with Gasteiger partial charge < -0.3 is 15.6 Å². The average molecular weight is 460 g/mol. The lowest BCUT2D eigenvalue weighted by Gasteiger charge is -2.18. The van der Waals surface area contributed by atoms with E-state index in [1.807, 2.05) is 6.92 Å². The van der Waals surface area contributed by atoms with Gasteiger partial charge in [-0.15, -0.1) is 0 Å². The number of ketones is 1. The maximum Gasteiger partial charge on any atom is 0.196 e. The highest BCUT2D eigenvalue weighted by Gasteiger charge is 2.26. The van der Waals surface area contributed by atoms with E-state index in [9.17, 15) is 9.18 Å². The zero-order valence-corrected chi connectivity index (χ0v) is 18.9. The van der Waals surface area contributed by atoms with Crippen LogP contribution >= 0.6 is 23.4 Å². The van der Waals surface area contributed by atoms with Crippen LogP contribution in [0.3, 0.4) is 0 Å². The van der Waals surface area contributed by atoms with E-state index in [0.29, 0.717) is 32.8 Å². The maximum atomic E-state index is 14.2. The fourth-order valence-corrected chi connectivity index (χ4v) is 4.83. The van der Waals surface area contributed by atoms with Crippen LogP contribution in [0.25, 0.3) is 17.1 Å². The molecule has 1 aliphatic rings. The average Bonchev–Trinajstić information content (AvgIpc) is 3.28. The number of nitrogens with zero attached hydrogens (tertiary/aromatic N) is 3. The lowest BCUT2D eigenvalue weighted by atomic mass is 10.2. The van der Waals surface area contributed by atoms with E-state index < -0.39 is 5.82 Å². The standard InChI is InChI=1S/C22H23ClFN5OS/c1-3-17-19(23)18-20(26-17)27-22(28-21(18)29-7-6-15(25)11-29)31-16-9-13(5-4-12(2)30)8-14(24)10-16/h4-5,8-10,15H,3,6-7,11,25H2,1-2H3,(H,26,27,28)/b5-4+/t15-/m0/s1. The van der Waals surface area contributed by atoms with Crippen LogP contribution < -0.4 is 10.6 Å². The number of aromatic nitrogens is 3. The molecule has 0 amide bonds. The van der Waals surface area contributed by atoms with E-state index in [-0.39, 0.29) is 11.8 Å². The summed E-state index contributed by atoms with van der Waals surface area (Å²) in [6.45, 7) is 4.96. The molecule has 3 heterocycles. The van der Waals surface area contributed by atoms with Gasteiger partial charge in [0.05, 0.1) is 10.4 Å². The highest BCUT2D eigenvalue weighted by Crippen LogP contribution is 2.37. The Morgan fingerprint density at radius 3 is 2.90 bits per heavy atom. The van der Waals surface area contributed by atoms with E-state index in [4.69, 9.17) is 22.3 Å². The molecule has 0 spiro atoms. The van der Waals surface area contributed by atoms with Crippen molar-refractivity contribution in [2.24, 2.45) is 5.73 Å². The predicted octanol–water partition coefficient (Wildman–Crippen LogP) is 4.60. The van der Waals surface area contributed by atoms with Gasteiger partial charge >= 0.3 is 0 Å². The van der Waals surface area contributed by atoms with Crippen molar-refractivity contribution in [3.63, 3.8) is 0 Å². The molecule has 1 atom stereocenters. The molecule has 0 aliphatic carbocycles. The second kappa shape index (κ2) is 8.98. The number of carbonyl (C=O) groups is 1. The molecule has 1 saturated heterocycles. The molecule has 1 fully saturated rings. The molecular weight excluding hydrogens is 437 g/mol. The second-order valence-corrected chi connectivity index (χ2v) is 9.00. The largest absolute Gasteiger partial charge is 0.354 e. The van der Waals surface area contributed by atoms with Gasteiger partial charge in [0.25, 0.3) is 0 Å². The van der Waals surface area contributed by atoms with Crippen molar-refractivity contribution in [2.75, 3.05) is 18.0 Å². The highest BCUT2D eigenvalue weighted by molar-refractivity contribution is 7.99. The smallest absolute Gasteiger partial charge is 0.196 e. The zero-order valence-electron chi connectivity index (χ0n) is 17.3. The highest BCUT2D eigenvalue weighted by atomic mass is 35.5. The summed E-state index contributed by atoms with van der Waals surface area (Å²) in [5, 5.41) is 1.91. The predicted molar refractivity (Wildman–Crippen MR) is 123 cm³/mol. The van der Waals surface area contributed by atoms with Crippen LogP contribution in [-0.2, 0) is 11.2 Å². The van der Waals surface area contributed by atoms with Gasteiger partial charge in [0, 0.05) is 29.7 Å². The topological polar surface area (TPSA) is 87.9 Å². The van der Waals surface area contributed by atoms with Gasteiger partial charge in [-0.1, -0.05) is 24.6 Å². The monoisotopic (exact) mass is 459 g/mol. The third kappa shape index (κ3) is 4.76. The summed E-state index contributed by atoms with van der Waals surface area (Å²) in [6.07, 6.45) is 4.63. The first-order valence-electron chi connectivity index (χ1n) is 10.1. The number of anilines is 1. The van der Waals surface area contributed by atoms with Crippen molar-refractivity contribution in [1.29, 1.82) is 0 Å². The molecule has 0 unspecified atom stereocenters. The fourth-order valence-electron chi connectivity index (χ4n) is 3.63. The Hall–Kier alpha value is -2.42. The Labute approximate surface area is 189 Å². The number of halogens is 2. The number of hydrogen-bond acceptors (Lipinski definition) is 6. The zero-order chi connectivity index (χ0) is 22.1. The van der Waals surface area contributed by atoms with Crippen LogP contribution in [0.5, 0.6) is 0 Å². The molecule has 6 nitrogen and oxygen atoms in total. The summed E-state index contributed by atoms with van der Waals surface area (Å²) in [6, 6.07) is 4.69. The van der Waals surface area contributed by atoms with Gasteiger partial charge in [0.1, 0.15) is 17.3 Å². The summed E-state index contributed by atoms with van der Waals surface area (Å²) >= 11 is 7.89. The number of allylic oxidation sites excluding steroid dienone is 1. The summed E-state index contributed by atoms with van der Waals surface area (Å²) in [7, 11) is 0. The van der Waals surface area contributed by atoms with E-state index >= 15 is 0 Å². The van der Waals surface area contributed by atoms with Crippen molar-refractivity contribution >= 4 is 52.1 Å². The maximum absolute atomic E-state index is 14.2. The lowest BCUT2D eigenvalue weighted by molar-refractivity contribution is -0.112. The van der Waals surface area contributed by atoms with Gasteiger partial charge in [0.2, 0.25) is 0 Å². The minimum atomic E-state index is -0.392. The van der Waals surface area contributed by atoms with Crippen molar-refractivity contribution in [3.8, 4) is 0 Å². The van der Waals surface area contributed by atoms with Crippen molar-refractivity contribution in [3.05, 3.63) is 46.4 Å². The van der Waals surface area contributed by atoms with Crippen LogP contribution in [0.1, 0.15) is 31.5 Å².